The van der Waals surface area contributed by atoms with Gasteiger partial charge in [-0.05, 0) is 49.2 Å². The molecular weight excluding hydrogens is 204 g/mol. The SMILES string of the molecule is CC(CNCc1ccsc1)N(C)C1CC1. The van der Waals surface area contributed by atoms with Gasteiger partial charge in [-0.3, -0.25) is 4.90 Å². The summed E-state index contributed by atoms with van der Waals surface area (Å²) in [5.41, 5.74) is 1.40. The fourth-order valence-corrected chi connectivity index (χ4v) is 2.47. The quantitative estimate of drug-likeness (QED) is 0.798. The average Bonchev–Trinajstić information content (AvgIpc) is 2.96. The van der Waals surface area contributed by atoms with Crippen LogP contribution in [0.4, 0.5) is 0 Å². The molecule has 1 saturated carbocycles. The summed E-state index contributed by atoms with van der Waals surface area (Å²) in [6.07, 6.45) is 2.79. The Hall–Kier alpha value is -0.380. The molecule has 2 nitrogen and oxygen atoms in total. The second-order valence-electron chi connectivity index (χ2n) is 4.51. The molecule has 1 heterocycles. The lowest BCUT2D eigenvalue weighted by Crippen LogP contribution is -2.38. The van der Waals surface area contributed by atoms with Crippen LogP contribution in [0.3, 0.4) is 0 Å². The van der Waals surface area contributed by atoms with Crippen molar-refractivity contribution in [2.24, 2.45) is 0 Å². The van der Waals surface area contributed by atoms with E-state index in [4.69, 9.17) is 0 Å². The summed E-state index contributed by atoms with van der Waals surface area (Å²) >= 11 is 1.77. The van der Waals surface area contributed by atoms with E-state index >= 15 is 0 Å². The molecule has 1 aliphatic rings. The minimum Gasteiger partial charge on any atom is -0.311 e. The van der Waals surface area contributed by atoms with Crippen LogP contribution >= 0.6 is 11.3 Å². The van der Waals surface area contributed by atoms with E-state index in [0.717, 1.165) is 19.1 Å². The summed E-state index contributed by atoms with van der Waals surface area (Å²) in [5, 5.41) is 7.86. The van der Waals surface area contributed by atoms with Crippen molar-refractivity contribution in [3.8, 4) is 0 Å². The van der Waals surface area contributed by atoms with E-state index in [1.165, 1.54) is 18.4 Å². The van der Waals surface area contributed by atoms with Crippen molar-refractivity contribution >= 4 is 11.3 Å². The van der Waals surface area contributed by atoms with Gasteiger partial charge < -0.3 is 5.32 Å². The topological polar surface area (TPSA) is 15.3 Å². The largest absolute Gasteiger partial charge is 0.311 e. The zero-order valence-electron chi connectivity index (χ0n) is 9.57. The van der Waals surface area contributed by atoms with Gasteiger partial charge in [-0.2, -0.15) is 11.3 Å². The minimum atomic E-state index is 0.649. The molecule has 1 aromatic heterocycles. The molecule has 0 spiro atoms. The maximum absolute atomic E-state index is 3.52. The third-order valence-corrected chi connectivity index (χ3v) is 3.90. The molecule has 1 fully saturated rings. The lowest BCUT2D eigenvalue weighted by atomic mass is 10.2. The lowest BCUT2D eigenvalue weighted by Gasteiger charge is -2.24. The van der Waals surface area contributed by atoms with Crippen molar-refractivity contribution in [1.29, 1.82) is 0 Å². The van der Waals surface area contributed by atoms with Crippen LogP contribution < -0.4 is 5.32 Å². The highest BCUT2D eigenvalue weighted by molar-refractivity contribution is 7.07. The summed E-state index contributed by atoms with van der Waals surface area (Å²) in [6.45, 7) is 4.40. The normalized spacial score (nSPS) is 18.3. The van der Waals surface area contributed by atoms with Gasteiger partial charge in [-0.15, -0.1) is 0 Å². The Balaban J connectivity index is 1.64. The second kappa shape index (κ2) is 5.10. The number of rotatable bonds is 6. The second-order valence-corrected chi connectivity index (χ2v) is 5.29. The molecule has 3 heteroatoms. The first kappa shape index (κ1) is 11.1. The molecule has 0 aliphatic heterocycles. The maximum Gasteiger partial charge on any atom is 0.0214 e. The van der Waals surface area contributed by atoms with Gasteiger partial charge >= 0.3 is 0 Å². The van der Waals surface area contributed by atoms with E-state index in [-0.39, 0.29) is 0 Å². The highest BCUT2D eigenvalue weighted by Gasteiger charge is 2.28. The van der Waals surface area contributed by atoms with Crippen molar-refractivity contribution in [1.82, 2.24) is 10.2 Å². The van der Waals surface area contributed by atoms with Crippen LogP contribution in [0.15, 0.2) is 16.8 Å². The smallest absolute Gasteiger partial charge is 0.0214 e. The minimum absolute atomic E-state index is 0.649. The van der Waals surface area contributed by atoms with Crippen LogP contribution in [0.25, 0.3) is 0 Å². The van der Waals surface area contributed by atoms with Gasteiger partial charge in [0.1, 0.15) is 0 Å². The monoisotopic (exact) mass is 224 g/mol. The van der Waals surface area contributed by atoms with Gasteiger partial charge in [-0.1, -0.05) is 0 Å². The number of hydrogen-bond donors (Lipinski definition) is 1. The Morgan fingerprint density at radius 2 is 2.40 bits per heavy atom. The highest BCUT2D eigenvalue weighted by atomic mass is 32.1. The van der Waals surface area contributed by atoms with Gasteiger partial charge in [0.25, 0.3) is 0 Å². The first-order chi connectivity index (χ1) is 7.27. The Morgan fingerprint density at radius 1 is 1.60 bits per heavy atom. The number of likely N-dealkylation sites (N-methyl/N-ethyl adjacent to an activating group) is 1. The maximum atomic E-state index is 3.52. The first-order valence-corrected chi connectivity index (χ1v) is 6.65. The molecule has 0 amide bonds. The molecule has 0 saturated heterocycles. The van der Waals surface area contributed by atoms with Gasteiger partial charge in [0.05, 0.1) is 0 Å². The van der Waals surface area contributed by atoms with E-state index in [1.807, 2.05) is 0 Å². The summed E-state index contributed by atoms with van der Waals surface area (Å²) in [7, 11) is 2.24. The van der Waals surface area contributed by atoms with E-state index in [2.05, 4.69) is 41.0 Å². The zero-order valence-corrected chi connectivity index (χ0v) is 10.4. The zero-order chi connectivity index (χ0) is 10.7. The van der Waals surface area contributed by atoms with Crippen molar-refractivity contribution in [2.45, 2.75) is 38.4 Å². The lowest BCUT2D eigenvalue weighted by molar-refractivity contribution is 0.241. The Morgan fingerprint density at radius 3 is 3.00 bits per heavy atom. The molecule has 1 atom stereocenters. The van der Waals surface area contributed by atoms with Crippen LogP contribution in [-0.4, -0.2) is 30.6 Å². The molecule has 0 bridgehead atoms. The molecule has 1 aromatic rings. The molecule has 15 heavy (non-hydrogen) atoms. The van der Waals surface area contributed by atoms with E-state index in [9.17, 15) is 0 Å². The molecule has 1 aliphatic carbocycles. The summed E-state index contributed by atoms with van der Waals surface area (Å²) in [4.78, 5) is 2.50. The third-order valence-electron chi connectivity index (χ3n) is 3.17. The van der Waals surface area contributed by atoms with E-state index in [0.29, 0.717) is 6.04 Å². The molecular formula is C12H20N2S. The molecule has 0 radical (unpaired) electrons. The fraction of sp³-hybridized carbons (Fsp3) is 0.667. The van der Waals surface area contributed by atoms with Crippen molar-refractivity contribution in [2.75, 3.05) is 13.6 Å². The van der Waals surface area contributed by atoms with Crippen molar-refractivity contribution in [3.05, 3.63) is 22.4 Å². The Kier molecular flexibility index (Phi) is 3.78. The number of nitrogens with zero attached hydrogens (tertiary/aromatic N) is 1. The van der Waals surface area contributed by atoms with Crippen LogP contribution in [-0.2, 0) is 6.54 Å². The molecule has 2 rings (SSSR count). The predicted octanol–water partition coefficient (Wildman–Crippen LogP) is 2.32. The molecule has 1 N–H and O–H groups in total. The third kappa shape index (κ3) is 3.30. The average molecular weight is 224 g/mol. The standard InChI is InChI=1S/C12H20N2S/c1-10(14(2)12-3-4-12)7-13-8-11-5-6-15-9-11/h5-6,9-10,12-13H,3-4,7-8H2,1-2H3. The fourth-order valence-electron chi connectivity index (χ4n) is 1.80. The van der Waals surface area contributed by atoms with Gasteiger partial charge in [0, 0.05) is 25.2 Å². The Labute approximate surface area is 96.3 Å². The van der Waals surface area contributed by atoms with Crippen molar-refractivity contribution < 1.29 is 0 Å². The molecule has 0 aromatic carbocycles. The number of hydrogen-bond acceptors (Lipinski definition) is 3. The Bertz CT molecular complexity index is 280. The van der Waals surface area contributed by atoms with Gasteiger partial charge in [0.2, 0.25) is 0 Å². The molecule has 1 unspecified atom stereocenters. The molecule has 84 valence electrons. The van der Waals surface area contributed by atoms with Crippen LogP contribution in [0.1, 0.15) is 25.3 Å². The van der Waals surface area contributed by atoms with Gasteiger partial charge in [0.15, 0.2) is 0 Å². The van der Waals surface area contributed by atoms with Crippen LogP contribution in [0.2, 0.25) is 0 Å². The number of thiophene rings is 1. The summed E-state index contributed by atoms with van der Waals surface area (Å²) < 4.78 is 0. The van der Waals surface area contributed by atoms with E-state index < -0.39 is 0 Å². The van der Waals surface area contributed by atoms with Crippen LogP contribution in [0.5, 0.6) is 0 Å². The highest BCUT2D eigenvalue weighted by Crippen LogP contribution is 2.26. The first-order valence-electron chi connectivity index (χ1n) is 5.71. The van der Waals surface area contributed by atoms with Crippen LogP contribution in [0, 0.1) is 0 Å². The van der Waals surface area contributed by atoms with E-state index in [1.54, 1.807) is 11.3 Å². The van der Waals surface area contributed by atoms with Gasteiger partial charge in [-0.25, -0.2) is 0 Å². The summed E-state index contributed by atoms with van der Waals surface area (Å²) in [5.74, 6) is 0. The van der Waals surface area contributed by atoms with Crippen molar-refractivity contribution in [3.63, 3.8) is 0 Å². The predicted molar refractivity (Wildman–Crippen MR) is 66.3 cm³/mol. The number of nitrogens with one attached hydrogen (secondary N) is 1. The summed E-state index contributed by atoms with van der Waals surface area (Å²) in [6, 6.07) is 3.70.